The maximum atomic E-state index is 13.3. The third-order valence-corrected chi connectivity index (χ3v) is 4.58. The Bertz CT molecular complexity index is 804. The highest BCUT2D eigenvalue weighted by Gasteiger charge is 2.23. The molecule has 154 valence electrons. The number of hydrogen-bond donors (Lipinski definition) is 2. The normalized spacial score (nSPS) is 12.5. The van der Waals surface area contributed by atoms with Gasteiger partial charge in [-0.2, -0.15) is 4.98 Å². The Kier molecular flexibility index (Phi) is 7.80. The molecule has 1 aromatic carbocycles. The molecule has 8 heteroatoms. The summed E-state index contributed by atoms with van der Waals surface area (Å²) in [6, 6.07) is 4.48. The van der Waals surface area contributed by atoms with Crippen LogP contribution in [0, 0.1) is 5.82 Å². The van der Waals surface area contributed by atoms with Crippen molar-refractivity contribution in [2.45, 2.75) is 52.4 Å². The summed E-state index contributed by atoms with van der Waals surface area (Å²) in [5, 5.41) is 10.9. The SMILES string of the molecule is CCNC(=NCC(C)(C)c1ccc(F)cc1Cl)NCCc1nc(C(C)C)no1. The molecule has 0 saturated carbocycles. The lowest BCUT2D eigenvalue weighted by Crippen LogP contribution is -2.39. The second kappa shape index (κ2) is 9.87. The van der Waals surface area contributed by atoms with Crippen LogP contribution in [0.15, 0.2) is 27.7 Å². The van der Waals surface area contributed by atoms with E-state index >= 15 is 0 Å². The van der Waals surface area contributed by atoms with Crippen molar-refractivity contribution in [3.05, 3.63) is 46.3 Å². The van der Waals surface area contributed by atoms with Crippen molar-refractivity contribution < 1.29 is 8.91 Å². The van der Waals surface area contributed by atoms with Gasteiger partial charge < -0.3 is 15.2 Å². The van der Waals surface area contributed by atoms with E-state index in [0.29, 0.717) is 42.2 Å². The van der Waals surface area contributed by atoms with Crippen LogP contribution < -0.4 is 10.6 Å². The van der Waals surface area contributed by atoms with Gasteiger partial charge in [-0.1, -0.05) is 50.5 Å². The molecule has 2 rings (SSSR count). The van der Waals surface area contributed by atoms with Crippen molar-refractivity contribution in [1.29, 1.82) is 0 Å². The summed E-state index contributed by atoms with van der Waals surface area (Å²) in [5.74, 6) is 1.91. The van der Waals surface area contributed by atoms with Gasteiger partial charge in [0.25, 0.3) is 0 Å². The van der Waals surface area contributed by atoms with E-state index in [9.17, 15) is 4.39 Å². The predicted octanol–water partition coefficient (Wildman–Crippen LogP) is 4.06. The van der Waals surface area contributed by atoms with E-state index in [1.165, 1.54) is 12.1 Å². The number of aromatic nitrogens is 2. The molecular formula is C20H29ClFN5O. The van der Waals surface area contributed by atoms with Gasteiger partial charge in [-0.25, -0.2) is 4.39 Å². The minimum atomic E-state index is -0.343. The predicted molar refractivity (Wildman–Crippen MR) is 111 cm³/mol. The van der Waals surface area contributed by atoms with Crippen molar-refractivity contribution in [2.24, 2.45) is 4.99 Å². The Hall–Kier alpha value is -2.15. The van der Waals surface area contributed by atoms with E-state index < -0.39 is 0 Å². The summed E-state index contributed by atoms with van der Waals surface area (Å²) in [6.07, 6.45) is 0.608. The molecule has 0 aliphatic carbocycles. The lowest BCUT2D eigenvalue weighted by molar-refractivity contribution is 0.371. The largest absolute Gasteiger partial charge is 0.357 e. The standard InChI is InChI=1S/C20H29ClFN5O/c1-6-23-19(24-10-9-17-26-18(13(2)3)27-28-17)25-12-20(4,5)15-8-7-14(22)11-16(15)21/h7-8,11,13H,6,9-10,12H2,1-5H3,(H2,23,24,25). The van der Waals surface area contributed by atoms with Gasteiger partial charge in [0.2, 0.25) is 5.89 Å². The van der Waals surface area contributed by atoms with Crippen molar-refractivity contribution in [3.8, 4) is 0 Å². The fourth-order valence-corrected chi connectivity index (χ4v) is 3.06. The Morgan fingerprint density at radius 1 is 1.32 bits per heavy atom. The van der Waals surface area contributed by atoms with E-state index in [1.807, 2.05) is 34.6 Å². The molecule has 0 aliphatic rings. The van der Waals surface area contributed by atoms with Gasteiger partial charge in [0.15, 0.2) is 11.8 Å². The summed E-state index contributed by atoms with van der Waals surface area (Å²) in [4.78, 5) is 9.04. The second-order valence-corrected chi connectivity index (χ2v) is 7.99. The minimum absolute atomic E-state index is 0.241. The van der Waals surface area contributed by atoms with Crippen LogP contribution in [0.4, 0.5) is 4.39 Å². The van der Waals surface area contributed by atoms with Crippen LogP contribution in [0.5, 0.6) is 0 Å². The molecule has 0 saturated heterocycles. The molecule has 0 fully saturated rings. The number of nitrogens with one attached hydrogen (secondary N) is 2. The number of halogens is 2. The van der Waals surface area contributed by atoms with E-state index in [2.05, 4.69) is 25.8 Å². The molecule has 0 aliphatic heterocycles. The first-order valence-corrected chi connectivity index (χ1v) is 9.91. The second-order valence-electron chi connectivity index (χ2n) is 7.58. The van der Waals surface area contributed by atoms with E-state index in [4.69, 9.17) is 16.1 Å². The fraction of sp³-hybridized carbons (Fsp3) is 0.550. The highest BCUT2D eigenvalue weighted by atomic mass is 35.5. The molecule has 0 bridgehead atoms. The maximum Gasteiger partial charge on any atom is 0.228 e. The van der Waals surface area contributed by atoms with Crippen molar-refractivity contribution in [3.63, 3.8) is 0 Å². The fourth-order valence-electron chi connectivity index (χ4n) is 2.63. The molecule has 0 amide bonds. The Labute approximate surface area is 171 Å². The van der Waals surface area contributed by atoms with E-state index in [1.54, 1.807) is 6.07 Å². The van der Waals surface area contributed by atoms with Crippen molar-refractivity contribution >= 4 is 17.6 Å². The number of aliphatic imine (C=N–C) groups is 1. The molecule has 0 unspecified atom stereocenters. The van der Waals surface area contributed by atoms with Crippen LogP contribution in [0.2, 0.25) is 5.02 Å². The van der Waals surface area contributed by atoms with E-state index in [0.717, 1.165) is 12.1 Å². The molecule has 6 nitrogen and oxygen atoms in total. The van der Waals surface area contributed by atoms with Gasteiger partial charge in [-0.05, 0) is 24.6 Å². The van der Waals surface area contributed by atoms with Gasteiger partial charge in [0.1, 0.15) is 5.82 Å². The van der Waals surface area contributed by atoms with Crippen molar-refractivity contribution in [2.75, 3.05) is 19.6 Å². The zero-order chi connectivity index (χ0) is 20.7. The van der Waals surface area contributed by atoms with Crippen LogP contribution in [0.3, 0.4) is 0 Å². The number of hydrogen-bond acceptors (Lipinski definition) is 4. The smallest absolute Gasteiger partial charge is 0.228 e. The highest BCUT2D eigenvalue weighted by Crippen LogP contribution is 2.30. The first-order valence-electron chi connectivity index (χ1n) is 9.53. The van der Waals surface area contributed by atoms with Gasteiger partial charge in [-0.15, -0.1) is 0 Å². The summed E-state index contributed by atoms with van der Waals surface area (Å²) < 4.78 is 18.6. The van der Waals surface area contributed by atoms with Crippen LogP contribution in [0.1, 0.15) is 57.8 Å². The highest BCUT2D eigenvalue weighted by molar-refractivity contribution is 6.31. The van der Waals surface area contributed by atoms with Crippen molar-refractivity contribution in [1.82, 2.24) is 20.8 Å². The average molecular weight is 410 g/mol. The van der Waals surface area contributed by atoms with Crippen LogP contribution in [0.25, 0.3) is 0 Å². The monoisotopic (exact) mass is 409 g/mol. The number of benzene rings is 1. The van der Waals surface area contributed by atoms with Gasteiger partial charge in [0, 0.05) is 35.9 Å². The number of rotatable bonds is 8. The Morgan fingerprint density at radius 3 is 2.68 bits per heavy atom. The lowest BCUT2D eigenvalue weighted by Gasteiger charge is -2.25. The zero-order valence-corrected chi connectivity index (χ0v) is 17.9. The molecule has 2 N–H and O–H groups in total. The molecule has 28 heavy (non-hydrogen) atoms. The molecule has 1 heterocycles. The summed E-state index contributed by atoms with van der Waals surface area (Å²) >= 11 is 6.22. The average Bonchev–Trinajstić information content (AvgIpc) is 3.08. The quantitative estimate of drug-likeness (QED) is 0.508. The third-order valence-electron chi connectivity index (χ3n) is 4.27. The first-order chi connectivity index (χ1) is 13.2. The number of nitrogens with zero attached hydrogens (tertiary/aromatic N) is 3. The van der Waals surface area contributed by atoms with Crippen LogP contribution in [-0.2, 0) is 11.8 Å². The molecule has 1 aromatic heterocycles. The number of guanidine groups is 1. The van der Waals surface area contributed by atoms with Crippen LogP contribution in [-0.4, -0.2) is 35.7 Å². The third kappa shape index (κ3) is 6.19. The zero-order valence-electron chi connectivity index (χ0n) is 17.1. The molecular weight excluding hydrogens is 381 g/mol. The lowest BCUT2D eigenvalue weighted by atomic mass is 9.84. The van der Waals surface area contributed by atoms with Crippen LogP contribution >= 0.6 is 11.6 Å². The topological polar surface area (TPSA) is 75.3 Å². The van der Waals surface area contributed by atoms with Gasteiger partial charge >= 0.3 is 0 Å². The molecule has 0 spiro atoms. The Morgan fingerprint density at radius 2 is 2.07 bits per heavy atom. The summed E-state index contributed by atoms with van der Waals surface area (Å²) in [7, 11) is 0. The van der Waals surface area contributed by atoms with Gasteiger partial charge in [-0.3, -0.25) is 4.99 Å². The molecule has 0 atom stereocenters. The van der Waals surface area contributed by atoms with E-state index in [-0.39, 0.29) is 17.2 Å². The van der Waals surface area contributed by atoms with Gasteiger partial charge in [0.05, 0.1) is 6.54 Å². The summed E-state index contributed by atoms with van der Waals surface area (Å²) in [5.41, 5.74) is 0.522. The molecule has 2 aromatic rings. The Balaban J connectivity index is 1.98. The minimum Gasteiger partial charge on any atom is -0.357 e. The maximum absolute atomic E-state index is 13.3. The molecule has 0 radical (unpaired) electrons. The summed E-state index contributed by atoms with van der Waals surface area (Å²) in [6.45, 7) is 12.0. The first kappa shape index (κ1) is 22.1.